The highest BCUT2D eigenvalue weighted by molar-refractivity contribution is 7.92. The molecular weight excluding hydrogens is 552 g/mol. The van der Waals surface area contributed by atoms with Gasteiger partial charge in [0.15, 0.2) is 0 Å². The van der Waals surface area contributed by atoms with E-state index in [2.05, 4.69) is 0 Å². The van der Waals surface area contributed by atoms with Crippen LogP contribution < -0.4 is 0 Å². The number of esters is 2. The molecule has 0 N–H and O–H groups in total. The first-order valence-corrected chi connectivity index (χ1v) is 16.0. The minimum atomic E-state index is -4.11. The summed E-state index contributed by atoms with van der Waals surface area (Å²) in [6.07, 6.45) is 1.80. The van der Waals surface area contributed by atoms with Crippen molar-refractivity contribution in [1.82, 2.24) is 0 Å². The third-order valence-electron chi connectivity index (χ3n) is 7.91. The van der Waals surface area contributed by atoms with Gasteiger partial charge in [0.05, 0.1) is 45.6 Å². The maximum atomic E-state index is 14.3. The third-order valence-corrected chi connectivity index (χ3v) is 11.8. The molecule has 0 saturated heterocycles. The van der Waals surface area contributed by atoms with Crippen LogP contribution in [0.15, 0.2) is 80.2 Å². The average molecular weight is 583 g/mol. The number of hydrogen-bond acceptors (Lipinski definition) is 8. The monoisotopic (exact) mass is 582 g/mol. The molecule has 40 heavy (non-hydrogen) atoms. The summed E-state index contributed by atoms with van der Waals surface area (Å²) in [5.41, 5.74) is 1.47. The fraction of sp³-hybridized carbons (Fsp3) is 0.333. The van der Waals surface area contributed by atoms with Crippen molar-refractivity contribution in [3.05, 3.63) is 82.9 Å². The average Bonchev–Trinajstić information content (AvgIpc) is 2.98. The number of rotatable bonds is 6. The standard InChI is InChI=1S/C30H30O8S2/c1-37-29(31)25-17-23-24(18-26(25)30(32)38-2)28(40(35,36)20-13-7-4-8-14-20)22-16-10-9-15-21(22)27(23)39(33,34)19-11-5-3-6-12-19/h3-8,11-14,25-26H,9-10,15-18H2,1-2H3/t25-,26-/m1/s1. The molecule has 2 atom stereocenters. The first-order chi connectivity index (χ1) is 19.1. The van der Waals surface area contributed by atoms with Crippen molar-refractivity contribution in [1.29, 1.82) is 0 Å². The Morgan fingerprint density at radius 2 is 0.950 bits per heavy atom. The Morgan fingerprint density at radius 1 is 0.600 bits per heavy atom. The summed E-state index contributed by atoms with van der Waals surface area (Å²) >= 11 is 0. The maximum absolute atomic E-state index is 14.3. The quantitative estimate of drug-likeness (QED) is 0.401. The molecule has 5 rings (SSSR count). The molecule has 0 spiro atoms. The summed E-state index contributed by atoms with van der Waals surface area (Å²) in [4.78, 5) is 26.1. The summed E-state index contributed by atoms with van der Waals surface area (Å²) in [6, 6.07) is 16.0. The van der Waals surface area contributed by atoms with Crippen LogP contribution in [0.3, 0.4) is 0 Å². The Morgan fingerprint density at radius 3 is 1.27 bits per heavy atom. The molecule has 0 aliphatic heterocycles. The van der Waals surface area contributed by atoms with E-state index in [-0.39, 0.29) is 43.6 Å². The summed E-state index contributed by atoms with van der Waals surface area (Å²) < 4.78 is 67.1. The van der Waals surface area contributed by atoms with E-state index in [9.17, 15) is 26.4 Å². The van der Waals surface area contributed by atoms with Gasteiger partial charge in [-0.3, -0.25) is 9.59 Å². The number of fused-ring (bicyclic) bond motifs is 2. The molecule has 3 aromatic carbocycles. The molecule has 0 heterocycles. The Bertz CT molecular complexity index is 1550. The van der Waals surface area contributed by atoms with Gasteiger partial charge in [0.1, 0.15) is 0 Å². The molecule has 2 aliphatic rings. The van der Waals surface area contributed by atoms with Crippen molar-refractivity contribution < 1.29 is 35.9 Å². The van der Waals surface area contributed by atoms with Gasteiger partial charge in [0.25, 0.3) is 0 Å². The fourth-order valence-electron chi connectivity index (χ4n) is 6.08. The van der Waals surface area contributed by atoms with Crippen LogP contribution in [0.25, 0.3) is 0 Å². The molecule has 8 nitrogen and oxygen atoms in total. The fourth-order valence-corrected chi connectivity index (χ4v) is 9.75. The largest absolute Gasteiger partial charge is 0.469 e. The van der Waals surface area contributed by atoms with Gasteiger partial charge in [-0.15, -0.1) is 0 Å². The van der Waals surface area contributed by atoms with Crippen molar-refractivity contribution in [3.8, 4) is 0 Å². The first kappa shape index (κ1) is 28.0. The van der Waals surface area contributed by atoms with Crippen LogP contribution in [0, 0.1) is 11.8 Å². The number of carbonyl (C=O) groups excluding carboxylic acids is 2. The van der Waals surface area contributed by atoms with Crippen molar-refractivity contribution in [3.63, 3.8) is 0 Å². The topological polar surface area (TPSA) is 121 Å². The van der Waals surface area contributed by atoms with Gasteiger partial charge >= 0.3 is 11.9 Å². The number of hydrogen-bond donors (Lipinski definition) is 0. The van der Waals surface area contributed by atoms with Crippen LogP contribution in [-0.4, -0.2) is 43.0 Å². The molecule has 0 unspecified atom stereocenters. The van der Waals surface area contributed by atoms with Crippen LogP contribution in [0.2, 0.25) is 0 Å². The second-order valence-corrected chi connectivity index (χ2v) is 13.9. The van der Waals surface area contributed by atoms with Crippen LogP contribution in [0.1, 0.15) is 35.1 Å². The van der Waals surface area contributed by atoms with Crippen molar-refractivity contribution in [2.45, 2.75) is 58.1 Å². The highest BCUT2D eigenvalue weighted by Gasteiger charge is 2.46. The van der Waals surface area contributed by atoms with Gasteiger partial charge in [-0.2, -0.15) is 0 Å². The van der Waals surface area contributed by atoms with E-state index in [1.807, 2.05) is 0 Å². The zero-order valence-electron chi connectivity index (χ0n) is 22.3. The van der Waals surface area contributed by atoms with Gasteiger partial charge in [-0.25, -0.2) is 16.8 Å². The minimum Gasteiger partial charge on any atom is -0.469 e. The van der Waals surface area contributed by atoms with E-state index in [4.69, 9.17) is 9.47 Å². The van der Waals surface area contributed by atoms with Gasteiger partial charge in [-0.1, -0.05) is 36.4 Å². The molecule has 210 valence electrons. The van der Waals surface area contributed by atoms with E-state index in [1.54, 1.807) is 36.4 Å². The highest BCUT2D eigenvalue weighted by Crippen LogP contribution is 2.47. The van der Waals surface area contributed by atoms with Gasteiger partial charge in [0.2, 0.25) is 19.7 Å². The van der Waals surface area contributed by atoms with E-state index >= 15 is 0 Å². The number of methoxy groups -OCH3 is 2. The second-order valence-electron chi connectivity index (χ2n) is 10.1. The van der Waals surface area contributed by atoms with E-state index < -0.39 is 43.4 Å². The van der Waals surface area contributed by atoms with Crippen LogP contribution >= 0.6 is 0 Å². The summed E-state index contributed by atoms with van der Waals surface area (Å²) in [5, 5.41) is 0. The van der Waals surface area contributed by atoms with Crippen LogP contribution in [0.5, 0.6) is 0 Å². The number of carbonyl (C=O) groups is 2. The normalized spacial score (nSPS) is 18.8. The molecule has 0 saturated carbocycles. The zero-order chi connectivity index (χ0) is 28.7. The lowest BCUT2D eigenvalue weighted by Gasteiger charge is -2.35. The predicted molar refractivity (Wildman–Crippen MR) is 145 cm³/mol. The maximum Gasteiger partial charge on any atom is 0.309 e. The van der Waals surface area contributed by atoms with Crippen molar-refractivity contribution >= 4 is 31.6 Å². The Kier molecular flexibility index (Phi) is 7.58. The van der Waals surface area contributed by atoms with Gasteiger partial charge in [-0.05, 0) is 85.0 Å². The molecule has 10 heteroatoms. The minimum absolute atomic E-state index is 0.0487. The lowest BCUT2D eigenvalue weighted by molar-refractivity contribution is -0.158. The van der Waals surface area contributed by atoms with E-state index in [0.717, 1.165) is 0 Å². The molecular formula is C30H30O8S2. The summed E-state index contributed by atoms with van der Waals surface area (Å²) in [5.74, 6) is -3.45. The van der Waals surface area contributed by atoms with E-state index in [0.29, 0.717) is 36.8 Å². The molecule has 0 bridgehead atoms. The molecule has 0 fully saturated rings. The van der Waals surface area contributed by atoms with Crippen molar-refractivity contribution in [2.24, 2.45) is 11.8 Å². The number of sulfone groups is 2. The zero-order valence-corrected chi connectivity index (χ0v) is 23.9. The molecule has 3 aromatic rings. The summed E-state index contributed by atoms with van der Waals surface area (Å²) in [7, 11) is -5.82. The van der Waals surface area contributed by atoms with Gasteiger partial charge in [0, 0.05) is 0 Å². The number of ether oxygens (including phenoxy) is 2. The molecule has 0 amide bonds. The highest BCUT2D eigenvalue weighted by atomic mass is 32.2. The predicted octanol–water partition coefficient (Wildman–Crippen LogP) is 3.91. The Labute approximate surface area is 234 Å². The first-order valence-electron chi connectivity index (χ1n) is 13.1. The van der Waals surface area contributed by atoms with Crippen LogP contribution in [-0.2, 0) is 64.4 Å². The SMILES string of the molecule is COC(=O)[C@@H]1Cc2c(c(S(=O)(=O)c3ccccc3)c3c(c2S(=O)(=O)c2ccccc2)CCCC3)C[C@H]1C(=O)OC. The molecule has 2 aliphatic carbocycles. The van der Waals surface area contributed by atoms with Gasteiger partial charge < -0.3 is 9.47 Å². The number of benzene rings is 3. The lowest BCUT2D eigenvalue weighted by Crippen LogP contribution is -2.40. The smallest absolute Gasteiger partial charge is 0.309 e. The third kappa shape index (κ3) is 4.62. The van der Waals surface area contributed by atoms with Crippen LogP contribution in [0.4, 0.5) is 0 Å². The van der Waals surface area contributed by atoms with Crippen molar-refractivity contribution in [2.75, 3.05) is 14.2 Å². The Hall–Kier alpha value is -3.50. The Balaban J connectivity index is 1.91. The lowest BCUT2D eigenvalue weighted by atomic mass is 9.73. The molecule has 0 radical (unpaired) electrons. The second kappa shape index (κ2) is 10.8. The van der Waals surface area contributed by atoms with E-state index in [1.165, 1.54) is 38.5 Å². The summed E-state index contributed by atoms with van der Waals surface area (Å²) in [6.45, 7) is 0. The molecule has 0 aromatic heterocycles.